The topological polar surface area (TPSA) is 63.2 Å². The van der Waals surface area contributed by atoms with Crippen LogP contribution in [0.2, 0.25) is 0 Å². The third kappa shape index (κ3) is 4.26. The number of fused-ring (bicyclic) bond motifs is 1. The van der Waals surface area contributed by atoms with E-state index >= 15 is 0 Å². The molecule has 2 heterocycles. The first-order chi connectivity index (χ1) is 17.5. The van der Waals surface area contributed by atoms with Crippen LogP contribution >= 0.6 is 0 Å². The van der Waals surface area contributed by atoms with Gasteiger partial charge in [0.1, 0.15) is 17.7 Å². The SMILES string of the molecule is C[C@]1(C(=O)Nc2ccc(OC3CCNCC3)cc2)CC12CCC(c1ccnc3ccc(F)cc13)CC2. The maximum Gasteiger partial charge on any atom is 0.230 e. The number of benzene rings is 2. The normalized spacial score (nSPS) is 28.2. The van der Waals surface area contributed by atoms with Crippen LogP contribution in [0.4, 0.5) is 10.1 Å². The molecule has 36 heavy (non-hydrogen) atoms. The molecule has 2 N–H and O–H groups in total. The molecule has 3 aromatic rings. The number of carbonyl (C=O) groups is 1. The van der Waals surface area contributed by atoms with Gasteiger partial charge in [0.15, 0.2) is 0 Å². The Balaban J connectivity index is 1.08. The third-order valence-corrected chi connectivity index (χ3v) is 9.06. The van der Waals surface area contributed by atoms with E-state index in [-0.39, 0.29) is 28.7 Å². The van der Waals surface area contributed by atoms with Gasteiger partial charge in [-0.05, 0) is 123 Å². The van der Waals surface area contributed by atoms with Gasteiger partial charge in [-0.15, -0.1) is 0 Å². The number of piperidine rings is 1. The lowest BCUT2D eigenvalue weighted by Crippen LogP contribution is -2.34. The average molecular weight is 488 g/mol. The van der Waals surface area contributed by atoms with Crippen molar-refractivity contribution in [2.75, 3.05) is 18.4 Å². The van der Waals surface area contributed by atoms with E-state index in [0.29, 0.717) is 5.92 Å². The van der Waals surface area contributed by atoms with Gasteiger partial charge >= 0.3 is 0 Å². The number of pyridine rings is 1. The van der Waals surface area contributed by atoms with E-state index in [1.807, 2.05) is 36.5 Å². The van der Waals surface area contributed by atoms with Gasteiger partial charge in [-0.1, -0.05) is 6.92 Å². The predicted octanol–water partition coefficient (Wildman–Crippen LogP) is 6.20. The number of nitrogens with zero attached hydrogens (tertiary/aromatic N) is 1. The number of halogens is 1. The van der Waals surface area contributed by atoms with E-state index in [2.05, 4.69) is 22.5 Å². The van der Waals surface area contributed by atoms with E-state index in [0.717, 1.165) is 80.4 Å². The van der Waals surface area contributed by atoms with Gasteiger partial charge in [0, 0.05) is 17.3 Å². The van der Waals surface area contributed by atoms with Crippen LogP contribution in [-0.2, 0) is 4.79 Å². The zero-order chi connectivity index (χ0) is 24.8. The lowest BCUT2D eigenvalue weighted by atomic mass is 9.73. The van der Waals surface area contributed by atoms with Crippen LogP contribution in [0, 0.1) is 16.6 Å². The van der Waals surface area contributed by atoms with E-state index in [4.69, 9.17) is 4.74 Å². The van der Waals surface area contributed by atoms with E-state index in [9.17, 15) is 9.18 Å². The summed E-state index contributed by atoms with van der Waals surface area (Å²) in [5.74, 6) is 1.13. The lowest BCUT2D eigenvalue weighted by molar-refractivity contribution is -0.122. The fourth-order valence-corrected chi connectivity index (χ4v) is 6.65. The van der Waals surface area contributed by atoms with Crippen LogP contribution in [-0.4, -0.2) is 30.1 Å². The molecular formula is C30H34FN3O2. The summed E-state index contributed by atoms with van der Waals surface area (Å²) in [7, 11) is 0. The highest BCUT2D eigenvalue weighted by atomic mass is 19.1. The average Bonchev–Trinajstić information content (AvgIpc) is 3.49. The fraction of sp³-hybridized carbons (Fsp3) is 0.467. The number of carbonyl (C=O) groups excluding carboxylic acids is 1. The van der Waals surface area contributed by atoms with Crippen LogP contribution in [0.15, 0.2) is 54.7 Å². The molecule has 6 rings (SSSR count). The van der Waals surface area contributed by atoms with Gasteiger partial charge in [0.2, 0.25) is 5.91 Å². The number of nitrogens with one attached hydrogen (secondary N) is 2. The first-order valence-corrected chi connectivity index (χ1v) is 13.3. The highest BCUT2D eigenvalue weighted by Gasteiger charge is 2.68. The van der Waals surface area contributed by atoms with Gasteiger partial charge in [-0.25, -0.2) is 4.39 Å². The standard InChI is InChI=1S/C30H34FN3O2/c1-29(28(35)34-22-3-5-23(6-4-22)36-24-10-15-32-16-11-24)19-30(29)13-8-20(9-14-30)25-12-17-33-27-7-2-21(31)18-26(25)27/h2-7,12,17-18,20,24,32H,8-11,13-16,19H2,1H3,(H,34,35)/t20?,29-,30?/m1/s1. The molecule has 1 aromatic heterocycles. The number of hydrogen-bond acceptors (Lipinski definition) is 4. The summed E-state index contributed by atoms with van der Waals surface area (Å²) in [6, 6.07) is 14.7. The summed E-state index contributed by atoms with van der Waals surface area (Å²) >= 11 is 0. The number of rotatable bonds is 5. The zero-order valence-corrected chi connectivity index (χ0v) is 20.9. The van der Waals surface area contributed by atoms with Crippen molar-refractivity contribution < 1.29 is 13.9 Å². The van der Waals surface area contributed by atoms with Gasteiger partial charge in [-0.2, -0.15) is 0 Å². The molecule has 2 saturated carbocycles. The summed E-state index contributed by atoms with van der Waals surface area (Å²) in [6.07, 6.45) is 9.13. The van der Waals surface area contributed by atoms with Crippen molar-refractivity contribution in [3.63, 3.8) is 0 Å². The minimum atomic E-state index is -0.339. The molecule has 5 nitrogen and oxygen atoms in total. The molecule has 3 aliphatic rings. The smallest absolute Gasteiger partial charge is 0.230 e. The van der Waals surface area contributed by atoms with Crippen LogP contribution in [0.5, 0.6) is 5.75 Å². The summed E-state index contributed by atoms with van der Waals surface area (Å²) in [5, 5.41) is 7.44. The lowest BCUT2D eigenvalue weighted by Gasteiger charge is -2.32. The molecule has 2 aliphatic carbocycles. The van der Waals surface area contributed by atoms with Gasteiger partial charge in [0.25, 0.3) is 0 Å². The summed E-state index contributed by atoms with van der Waals surface area (Å²) < 4.78 is 20.0. The molecular weight excluding hydrogens is 453 g/mol. The zero-order valence-electron chi connectivity index (χ0n) is 20.9. The van der Waals surface area contributed by atoms with E-state index in [1.54, 1.807) is 12.1 Å². The number of aromatic nitrogens is 1. The van der Waals surface area contributed by atoms with Crippen molar-refractivity contribution in [2.24, 2.45) is 10.8 Å². The fourth-order valence-electron chi connectivity index (χ4n) is 6.65. The van der Waals surface area contributed by atoms with Crippen molar-refractivity contribution >= 4 is 22.5 Å². The Morgan fingerprint density at radius 2 is 1.81 bits per heavy atom. The Labute approximate surface area is 211 Å². The second-order valence-electron chi connectivity index (χ2n) is 11.2. The quantitative estimate of drug-likeness (QED) is 0.450. The van der Waals surface area contributed by atoms with Crippen molar-refractivity contribution in [3.05, 3.63) is 66.1 Å². The Morgan fingerprint density at radius 3 is 2.56 bits per heavy atom. The van der Waals surface area contributed by atoms with Crippen LogP contribution in [0.25, 0.3) is 10.9 Å². The maximum absolute atomic E-state index is 13.9. The molecule has 1 saturated heterocycles. The minimum absolute atomic E-state index is 0.0692. The molecule has 1 atom stereocenters. The molecule has 1 aliphatic heterocycles. The van der Waals surface area contributed by atoms with E-state index < -0.39 is 0 Å². The molecule has 1 spiro atoms. The third-order valence-electron chi connectivity index (χ3n) is 9.06. The van der Waals surface area contributed by atoms with Crippen LogP contribution in [0.1, 0.15) is 63.4 Å². The monoisotopic (exact) mass is 487 g/mol. The molecule has 0 radical (unpaired) electrons. The highest BCUT2D eigenvalue weighted by molar-refractivity contribution is 5.98. The number of ether oxygens (including phenoxy) is 1. The number of anilines is 1. The Bertz CT molecular complexity index is 1260. The minimum Gasteiger partial charge on any atom is -0.490 e. The number of hydrogen-bond donors (Lipinski definition) is 2. The second kappa shape index (κ2) is 9.15. The summed E-state index contributed by atoms with van der Waals surface area (Å²) in [4.78, 5) is 17.7. The van der Waals surface area contributed by atoms with Gasteiger partial charge in [0.05, 0.1) is 10.9 Å². The molecule has 6 heteroatoms. The van der Waals surface area contributed by atoms with Crippen LogP contribution < -0.4 is 15.4 Å². The molecule has 0 unspecified atom stereocenters. The van der Waals surface area contributed by atoms with Crippen LogP contribution in [0.3, 0.4) is 0 Å². The first kappa shape index (κ1) is 23.4. The molecule has 0 bridgehead atoms. The summed E-state index contributed by atoms with van der Waals surface area (Å²) in [5.41, 5.74) is 2.58. The van der Waals surface area contributed by atoms with Gasteiger partial charge in [-0.3, -0.25) is 9.78 Å². The highest BCUT2D eigenvalue weighted by Crippen LogP contribution is 2.71. The first-order valence-electron chi connectivity index (χ1n) is 13.3. The Morgan fingerprint density at radius 1 is 1.06 bits per heavy atom. The second-order valence-corrected chi connectivity index (χ2v) is 11.2. The molecule has 1 amide bonds. The van der Waals surface area contributed by atoms with Crippen molar-refractivity contribution in [1.82, 2.24) is 10.3 Å². The molecule has 2 aromatic carbocycles. The maximum atomic E-state index is 13.9. The van der Waals surface area contributed by atoms with E-state index in [1.165, 1.54) is 11.6 Å². The number of amides is 1. The largest absolute Gasteiger partial charge is 0.490 e. The summed E-state index contributed by atoms with van der Waals surface area (Å²) in [6.45, 7) is 4.11. The van der Waals surface area contributed by atoms with Crippen molar-refractivity contribution in [2.45, 2.75) is 63.9 Å². The van der Waals surface area contributed by atoms with Crippen molar-refractivity contribution in [3.8, 4) is 5.75 Å². The molecule has 188 valence electrons. The Kier molecular flexibility index (Phi) is 5.95. The van der Waals surface area contributed by atoms with Gasteiger partial charge < -0.3 is 15.4 Å². The Hall–Kier alpha value is -2.99. The predicted molar refractivity (Wildman–Crippen MR) is 140 cm³/mol. The van der Waals surface area contributed by atoms with Crippen molar-refractivity contribution in [1.29, 1.82) is 0 Å². The molecule has 3 fully saturated rings.